The summed E-state index contributed by atoms with van der Waals surface area (Å²) < 4.78 is 16.6. The summed E-state index contributed by atoms with van der Waals surface area (Å²) in [6.07, 6.45) is 0. The van der Waals surface area contributed by atoms with Crippen LogP contribution in [-0.4, -0.2) is 7.11 Å². The molecule has 0 atom stereocenters. The van der Waals surface area contributed by atoms with Gasteiger partial charge in [0.1, 0.15) is 23.7 Å². The number of benzene rings is 3. The van der Waals surface area contributed by atoms with Gasteiger partial charge in [0.2, 0.25) is 0 Å². The van der Waals surface area contributed by atoms with E-state index in [9.17, 15) is 4.79 Å². The second kappa shape index (κ2) is 6.56. The highest BCUT2D eigenvalue weighted by molar-refractivity contribution is 6.06. The van der Waals surface area contributed by atoms with Crippen molar-refractivity contribution in [3.8, 4) is 11.5 Å². The molecule has 4 rings (SSSR count). The van der Waals surface area contributed by atoms with Crippen molar-refractivity contribution in [3.05, 3.63) is 82.2 Å². The molecule has 3 aromatic carbocycles. The molecule has 0 saturated carbocycles. The Kier molecular flexibility index (Phi) is 4.09. The van der Waals surface area contributed by atoms with Crippen LogP contribution in [0.1, 0.15) is 11.1 Å². The standard InChI is InChI=1S/C22H18O4/c1-14-11-17(25-13-15-7-9-16(24-2)10-8-15)12-20-21(14)18-5-3-4-6-19(18)22(23)26-20/h3-12H,13H2,1-2H3. The number of ether oxygens (including phenoxy) is 2. The van der Waals surface area contributed by atoms with Crippen LogP contribution in [0.4, 0.5) is 0 Å². The highest BCUT2D eigenvalue weighted by atomic mass is 16.5. The Morgan fingerprint density at radius 3 is 2.38 bits per heavy atom. The van der Waals surface area contributed by atoms with Gasteiger partial charge >= 0.3 is 5.63 Å². The van der Waals surface area contributed by atoms with Crippen LogP contribution in [0.15, 0.2) is 69.9 Å². The molecule has 0 radical (unpaired) electrons. The van der Waals surface area contributed by atoms with E-state index in [1.165, 1.54) is 0 Å². The monoisotopic (exact) mass is 346 g/mol. The van der Waals surface area contributed by atoms with E-state index in [0.29, 0.717) is 23.3 Å². The second-order valence-electron chi connectivity index (χ2n) is 6.19. The largest absolute Gasteiger partial charge is 0.497 e. The first-order valence-corrected chi connectivity index (χ1v) is 8.37. The van der Waals surface area contributed by atoms with Crippen molar-refractivity contribution in [2.45, 2.75) is 13.5 Å². The Bertz CT molecular complexity index is 1140. The first kappa shape index (κ1) is 16.2. The van der Waals surface area contributed by atoms with Crippen molar-refractivity contribution in [1.82, 2.24) is 0 Å². The highest BCUT2D eigenvalue weighted by Gasteiger charge is 2.11. The molecule has 0 aliphatic heterocycles. The average molecular weight is 346 g/mol. The van der Waals surface area contributed by atoms with Crippen LogP contribution in [-0.2, 0) is 6.61 Å². The van der Waals surface area contributed by atoms with Gasteiger partial charge in [-0.05, 0) is 42.3 Å². The summed E-state index contributed by atoms with van der Waals surface area (Å²) >= 11 is 0. The maximum absolute atomic E-state index is 12.2. The van der Waals surface area contributed by atoms with E-state index in [4.69, 9.17) is 13.9 Å². The fourth-order valence-electron chi connectivity index (χ4n) is 3.15. The zero-order valence-electron chi connectivity index (χ0n) is 14.6. The predicted molar refractivity (Wildman–Crippen MR) is 102 cm³/mol. The molecule has 4 aromatic rings. The summed E-state index contributed by atoms with van der Waals surface area (Å²) in [7, 11) is 1.64. The average Bonchev–Trinajstić information content (AvgIpc) is 2.66. The summed E-state index contributed by atoms with van der Waals surface area (Å²) in [6.45, 7) is 2.42. The van der Waals surface area contributed by atoms with Crippen LogP contribution in [0.2, 0.25) is 0 Å². The molecule has 4 nitrogen and oxygen atoms in total. The molecule has 0 fully saturated rings. The molecule has 1 heterocycles. The van der Waals surface area contributed by atoms with Crippen molar-refractivity contribution in [2.75, 3.05) is 7.11 Å². The fourth-order valence-corrected chi connectivity index (χ4v) is 3.15. The van der Waals surface area contributed by atoms with E-state index in [-0.39, 0.29) is 5.63 Å². The fraction of sp³-hybridized carbons (Fsp3) is 0.136. The van der Waals surface area contributed by atoms with Gasteiger partial charge in [-0.3, -0.25) is 0 Å². The Morgan fingerprint density at radius 1 is 0.923 bits per heavy atom. The third kappa shape index (κ3) is 2.90. The van der Waals surface area contributed by atoms with E-state index >= 15 is 0 Å². The zero-order valence-corrected chi connectivity index (χ0v) is 14.6. The van der Waals surface area contributed by atoms with Crippen LogP contribution in [0.5, 0.6) is 11.5 Å². The molecule has 0 bridgehead atoms. The van der Waals surface area contributed by atoms with Crippen LogP contribution in [0.3, 0.4) is 0 Å². The Labute approximate surface area is 150 Å². The highest BCUT2D eigenvalue weighted by Crippen LogP contribution is 2.30. The minimum Gasteiger partial charge on any atom is -0.497 e. The van der Waals surface area contributed by atoms with Gasteiger partial charge in [-0.25, -0.2) is 4.79 Å². The van der Waals surface area contributed by atoms with Gasteiger partial charge in [0.25, 0.3) is 0 Å². The SMILES string of the molecule is COc1ccc(COc2cc(C)c3c(c2)oc(=O)c2ccccc23)cc1. The molecule has 0 unspecified atom stereocenters. The number of aryl methyl sites for hydroxylation is 1. The molecule has 0 spiro atoms. The number of fused-ring (bicyclic) bond motifs is 3. The minimum atomic E-state index is -0.334. The molecular formula is C22H18O4. The Balaban J connectivity index is 1.70. The summed E-state index contributed by atoms with van der Waals surface area (Å²) in [5, 5.41) is 2.44. The summed E-state index contributed by atoms with van der Waals surface area (Å²) in [5.74, 6) is 1.48. The minimum absolute atomic E-state index is 0.334. The molecule has 0 aliphatic carbocycles. The number of rotatable bonds is 4. The quantitative estimate of drug-likeness (QED) is 0.392. The molecule has 0 saturated heterocycles. The van der Waals surface area contributed by atoms with E-state index in [1.807, 2.05) is 55.5 Å². The smallest absolute Gasteiger partial charge is 0.344 e. The normalized spacial score (nSPS) is 11.0. The Hall–Kier alpha value is -3.27. The van der Waals surface area contributed by atoms with E-state index in [0.717, 1.165) is 27.6 Å². The molecular weight excluding hydrogens is 328 g/mol. The van der Waals surface area contributed by atoms with Crippen LogP contribution in [0, 0.1) is 6.92 Å². The maximum atomic E-state index is 12.2. The van der Waals surface area contributed by atoms with E-state index in [2.05, 4.69) is 0 Å². The lowest BCUT2D eigenvalue weighted by Crippen LogP contribution is -2.01. The summed E-state index contributed by atoms with van der Waals surface area (Å²) in [5.41, 5.74) is 2.24. The van der Waals surface area contributed by atoms with Gasteiger partial charge in [-0.15, -0.1) is 0 Å². The topological polar surface area (TPSA) is 48.7 Å². The molecule has 0 N–H and O–H groups in total. The van der Waals surface area contributed by atoms with Crippen molar-refractivity contribution < 1.29 is 13.9 Å². The first-order chi connectivity index (χ1) is 12.7. The Morgan fingerprint density at radius 2 is 1.65 bits per heavy atom. The third-order valence-electron chi connectivity index (χ3n) is 4.46. The summed E-state index contributed by atoms with van der Waals surface area (Å²) in [6, 6.07) is 19.0. The molecule has 130 valence electrons. The van der Waals surface area contributed by atoms with Gasteiger partial charge < -0.3 is 13.9 Å². The number of hydrogen-bond acceptors (Lipinski definition) is 4. The van der Waals surface area contributed by atoms with Crippen LogP contribution in [0.25, 0.3) is 21.7 Å². The zero-order chi connectivity index (χ0) is 18.1. The maximum Gasteiger partial charge on any atom is 0.344 e. The molecule has 26 heavy (non-hydrogen) atoms. The van der Waals surface area contributed by atoms with Crippen molar-refractivity contribution in [1.29, 1.82) is 0 Å². The van der Waals surface area contributed by atoms with Crippen LogP contribution < -0.4 is 15.1 Å². The third-order valence-corrected chi connectivity index (χ3v) is 4.46. The van der Waals surface area contributed by atoms with Crippen molar-refractivity contribution in [3.63, 3.8) is 0 Å². The van der Waals surface area contributed by atoms with Gasteiger partial charge in [0, 0.05) is 16.8 Å². The van der Waals surface area contributed by atoms with E-state index < -0.39 is 0 Å². The molecule has 0 aliphatic rings. The number of hydrogen-bond donors (Lipinski definition) is 0. The second-order valence-corrected chi connectivity index (χ2v) is 6.19. The van der Waals surface area contributed by atoms with Gasteiger partial charge in [0.05, 0.1) is 12.5 Å². The molecule has 0 amide bonds. The lowest BCUT2D eigenvalue weighted by atomic mass is 10.0. The summed E-state index contributed by atoms with van der Waals surface area (Å²) in [4.78, 5) is 12.2. The lowest BCUT2D eigenvalue weighted by Gasteiger charge is -2.11. The molecule has 4 heteroatoms. The lowest BCUT2D eigenvalue weighted by molar-refractivity contribution is 0.305. The first-order valence-electron chi connectivity index (χ1n) is 8.37. The predicted octanol–water partition coefficient (Wildman–Crippen LogP) is 4.84. The number of methoxy groups -OCH3 is 1. The van der Waals surface area contributed by atoms with Gasteiger partial charge in [-0.2, -0.15) is 0 Å². The molecule has 1 aromatic heterocycles. The van der Waals surface area contributed by atoms with Crippen molar-refractivity contribution in [2.24, 2.45) is 0 Å². The van der Waals surface area contributed by atoms with Crippen LogP contribution >= 0.6 is 0 Å². The van der Waals surface area contributed by atoms with Crippen molar-refractivity contribution >= 4 is 21.7 Å². The van der Waals surface area contributed by atoms with Gasteiger partial charge in [0.15, 0.2) is 0 Å². The van der Waals surface area contributed by atoms with E-state index in [1.54, 1.807) is 19.2 Å². The van der Waals surface area contributed by atoms with Gasteiger partial charge in [-0.1, -0.05) is 30.3 Å².